The molecule has 0 spiro atoms. The first-order valence-corrected chi connectivity index (χ1v) is 4.80. The van der Waals surface area contributed by atoms with Gasteiger partial charge < -0.3 is 9.47 Å². The van der Waals surface area contributed by atoms with Crippen LogP contribution in [0.1, 0.15) is 18.3 Å². The number of hydrogen-bond donors (Lipinski definition) is 0. The predicted molar refractivity (Wildman–Crippen MR) is 45.8 cm³/mol. The van der Waals surface area contributed by atoms with Gasteiger partial charge in [0.05, 0.1) is 12.6 Å². The van der Waals surface area contributed by atoms with Crippen molar-refractivity contribution in [2.45, 2.75) is 31.8 Å². The van der Waals surface area contributed by atoms with E-state index in [1.807, 2.05) is 0 Å². The molecule has 80 valence electrons. The highest BCUT2D eigenvalue weighted by atomic mass is 16.7. The molecule has 0 amide bonds. The Balaban J connectivity index is 1.93. The summed E-state index contributed by atoms with van der Waals surface area (Å²) < 4.78 is 12.2. The fraction of sp³-hybridized carbons (Fsp3) is 0.750. The highest BCUT2D eigenvalue weighted by Crippen LogP contribution is 2.32. The standard InChI is InChI=1S/C8H10N4O3/c1-4-9-10-11-12(4)5-2-6(13)8-14-3-7(5)15-8/h5,7-8H,2-3H2,1H3/t5-,7-,8-/m1/s1. The second-order valence-corrected chi connectivity index (χ2v) is 3.75. The van der Waals surface area contributed by atoms with Crippen LogP contribution in [0.4, 0.5) is 0 Å². The van der Waals surface area contributed by atoms with Gasteiger partial charge in [-0.1, -0.05) is 0 Å². The maximum atomic E-state index is 11.5. The number of carbonyl (C=O) groups is 1. The molecule has 1 aromatic heterocycles. The Kier molecular flexibility index (Phi) is 1.83. The van der Waals surface area contributed by atoms with Gasteiger partial charge in [-0.15, -0.1) is 5.10 Å². The summed E-state index contributed by atoms with van der Waals surface area (Å²) >= 11 is 0. The van der Waals surface area contributed by atoms with E-state index in [2.05, 4.69) is 15.5 Å². The molecule has 0 radical (unpaired) electrons. The Morgan fingerprint density at radius 1 is 1.53 bits per heavy atom. The number of Topliss-reactive ketones (excluding diaryl/α,β-unsaturated/α-hetero) is 1. The summed E-state index contributed by atoms with van der Waals surface area (Å²) in [7, 11) is 0. The van der Waals surface area contributed by atoms with Crippen LogP contribution in [-0.4, -0.2) is 45.0 Å². The van der Waals surface area contributed by atoms with Crippen LogP contribution < -0.4 is 0 Å². The zero-order valence-corrected chi connectivity index (χ0v) is 8.16. The zero-order chi connectivity index (χ0) is 10.4. The molecule has 3 rings (SSSR count). The van der Waals surface area contributed by atoms with Crippen molar-refractivity contribution < 1.29 is 14.3 Å². The van der Waals surface area contributed by atoms with Crippen molar-refractivity contribution in [1.29, 1.82) is 0 Å². The Bertz CT molecular complexity index is 404. The fourth-order valence-corrected chi connectivity index (χ4v) is 2.01. The van der Waals surface area contributed by atoms with Gasteiger partial charge in [0.15, 0.2) is 5.78 Å². The molecule has 2 aliphatic rings. The zero-order valence-electron chi connectivity index (χ0n) is 8.16. The van der Waals surface area contributed by atoms with Crippen molar-refractivity contribution >= 4 is 5.78 Å². The summed E-state index contributed by atoms with van der Waals surface area (Å²) in [4.78, 5) is 11.5. The molecule has 1 aromatic rings. The van der Waals surface area contributed by atoms with E-state index in [1.54, 1.807) is 11.6 Å². The average molecular weight is 210 g/mol. The third-order valence-electron chi connectivity index (χ3n) is 2.78. The number of ketones is 1. The third kappa shape index (κ3) is 1.27. The number of aromatic nitrogens is 4. The molecular formula is C8H10N4O3. The van der Waals surface area contributed by atoms with Gasteiger partial charge in [0, 0.05) is 6.42 Å². The van der Waals surface area contributed by atoms with Crippen molar-refractivity contribution in [3.8, 4) is 0 Å². The van der Waals surface area contributed by atoms with Crippen LogP contribution in [0.25, 0.3) is 0 Å². The normalized spacial score (nSPS) is 34.7. The molecule has 0 unspecified atom stereocenters. The molecule has 2 aliphatic heterocycles. The summed E-state index contributed by atoms with van der Waals surface area (Å²) in [6.45, 7) is 2.23. The average Bonchev–Trinajstić information content (AvgIpc) is 2.80. The largest absolute Gasteiger partial charge is 0.343 e. The van der Waals surface area contributed by atoms with E-state index in [0.717, 1.165) is 0 Å². The molecule has 15 heavy (non-hydrogen) atoms. The number of hydrogen-bond acceptors (Lipinski definition) is 6. The Labute approximate surface area is 85.3 Å². The summed E-state index contributed by atoms with van der Waals surface area (Å²) in [6.07, 6.45) is -0.403. The van der Waals surface area contributed by atoms with Gasteiger partial charge in [-0.05, 0) is 17.4 Å². The molecule has 7 nitrogen and oxygen atoms in total. The van der Waals surface area contributed by atoms with Crippen LogP contribution in [0.15, 0.2) is 0 Å². The molecule has 3 heterocycles. The molecule has 2 saturated heterocycles. The van der Waals surface area contributed by atoms with Gasteiger partial charge in [-0.2, -0.15) is 0 Å². The van der Waals surface area contributed by atoms with Crippen LogP contribution in [0.3, 0.4) is 0 Å². The maximum Gasteiger partial charge on any atom is 0.218 e. The number of tetrazole rings is 1. The van der Waals surface area contributed by atoms with Gasteiger partial charge in [0.2, 0.25) is 6.29 Å². The highest BCUT2D eigenvalue weighted by molar-refractivity contribution is 5.83. The minimum Gasteiger partial charge on any atom is -0.343 e. The number of aryl methyl sites for hydroxylation is 1. The number of fused-ring (bicyclic) bond motifs is 2. The van der Waals surface area contributed by atoms with E-state index in [-0.39, 0.29) is 17.9 Å². The monoisotopic (exact) mass is 210 g/mol. The van der Waals surface area contributed by atoms with E-state index < -0.39 is 6.29 Å². The van der Waals surface area contributed by atoms with E-state index in [4.69, 9.17) is 9.47 Å². The Hall–Kier alpha value is -1.34. The highest BCUT2D eigenvalue weighted by Gasteiger charge is 2.44. The van der Waals surface area contributed by atoms with Crippen molar-refractivity contribution in [3.63, 3.8) is 0 Å². The Morgan fingerprint density at radius 3 is 3.13 bits per heavy atom. The van der Waals surface area contributed by atoms with Crippen LogP contribution in [-0.2, 0) is 14.3 Å². The Morgan fingerprint density at radius 2 is 2.40 bits per heavy atom. The number of carbonyl (C=O) groups excluding carboxylic acids is 1. The third-order valence-corrected chi connectivity index (χ3v) is 2.78. The van der Waals surface area contributed by atoms with Gasteiger partial charge in [0.1, 0.15) is 11.9 Å². The van der Waals surface area contributed by atoms with Crippen LogP contribution in [0.5, 0.6) is 0 Å². The van der Waals surface area contributed by atoms with E-state index in [9.17, 15) is 4.79 Å². The molecule has 0 N–H and O–H groups in total. The molecular weight excluding hydrogens is 200 g/mol. The number of ether oxygens (including phenoxy) is 2. The second-order valence-electron chi connectivity index (χ2n) is 3.75. The van der Waals surface area contributed by atoms with Gasteiger partial charge in [-0.3, -0.25) is 4.79 Å². The quantitative estimate of drug-likeness (QED) is 0.606. The van der Waals surface area contributed by atoms with Gasteiger partial charge in [0.25, 0.3) is 0 Å². The predicted octanol–water partition coefficient (Wildman–Crippen LogP) is -0.763. The summed E-state index contributed by atoms with van der Waals surface area (Å²) in [5.41, 5.74) is 0. The van der Waals surface area contributed by atoms with Crippen molar-refractivity contribution in [2.75, 3.05) is 6.61 Å². The van der Waals surface area contributed by atoms with Crippen molar-refractivity contribution in [3.05, 3.63) is 5.82 Å². The summed E-state index contributed by atoms with van der Waals surface area (Å²) in [5, 5.41) is 11.2. The van der Waals surface area contributed by atoms with E-state index in [1.165, 1.54) is 0 Å². The fourth-order valence-electron chi connectivity index (χ4n) is 2.01. The van der Waals surface area contributed by atoms with Crippen LogP contribution in [0, 0.1) is 6.92 Å². The van der Waals surface area contributed by atoms with Gasteiger partial charge >= 0.3 is 0 Å². The first-order valence-electron chi connectivity index (χ1n) is 4.80. The lowest BCUT2D eigenvalue weighted by molar-refractivity contribution is -0.156. The topological polar surface area (TPSA) is 79.1 Å². The molecule has 0 aliphatic carbocycles. The minimum atomic E-state index is -0.664. The van der Waals surface area contributed by atoms with E-state index >= 15 is 0 Å². The minimum absolute atomic E-state index is 0.0383. The first kappa shape index (κ1) is 8.93. The number of nitrogens with zero attached hydrogens (tertiary/aromatic N) is 4. The molecule has 2 bridgehead atoms. The molecule has 3 atom stereocenters. The smallest absolute Gasteiger partial charge is 0.218 e. The lowest BCUT2D eigenvalue weighted by Gasteiger charge is -2.26. The van der Waals surface area contributed by atoms with Crippen molar-refractivity contribution in [1.82, 2.24) is 20.2 Å². The molecule has 2 fully saturated rings. The maximum absolute atomic E-state index is 11.5. The first-order chi connectivity index (χ1) is 7.25. The van der Waals surface area contributed by atoms with Crippen LogP contribution >= 0.6 is 0 Å². The van der Waals surface area contributed by atoms with Crippen LogP contribution in [0.2, 0.25) is 0 Å². The van der Waals surface area contributed by atoms with E-state index in [0.29, 0.717) is 18.9 Å². The second kappa shape index (κ2) is 3.07. The SMILES string of the molecule is Cc1nnnn1[C@@H]1CC(=O)[C@@H]2OC[C@H]1O2. The lowest BCUT2D eigenvalue weighted by atomic mass is 10.0. The van der Waals surface area contributed by atoms with Gasteiger partial charge in [-0.25, -0.2) is 4.68 Å². The molecule has 0 aromatic carbocycles. The molecule has 0 saturated carbocycles. The van der Waals surface area contributed by atoms with Crippen molar-refractivity contribution in [2.24, 2.45) is 0 Å². The lowest BCUT2D eigenvalue weighted by Crippen LogP contribution is -2.37. The summed E-state index contributed by atoms with van der Waals surface area (Å²) in [5.74, 6) is 0.644. The number of rotatable bonds is 1. The molecule has 7 heteroatoms. The summed E-state index contributed by atoms with van der Waals surface area (Å²) in [6, 6.07) is -0.133.